The fourth-order valence-electron chi connectivity index (χ4n) is 2.51. The van der Waals surface area contributed by atoms with Crippen LogP contribution >= 0.6 is 0 Å². The van der Waals surface area contributed by atoms with Crippen LogP contribution in [0.3, 0.4) is 0 Å². The van der Waals surface area contributed by atoms with Gasteiger partial charge in [0.15, 0.2) is 0 Å². The molecule has 2 rings (SSSR count). The van der Waals surface area contributed by atoms with Crippen LogP contribution in [0, 0.1) is 0 Å². The van der Waals surface area contributed by atoms with Gasteiger partial charge in [-0.3, -0.25) is 0 Å². The molecule has 0 unspecified atom stereocenters. The smallest absolute Gasteiger partial charge is 0.150 e. The summed E-state index contributed by atoms with van der Waals surface area (Å²) in [5.41, 5.74) is 2.45. The molecule has 0 aliphatic heterocycles. The van der Waals surface area contributed by atoms with E-state index < -0.39 is 9.84 Å². The van der Waals surface area contributed by atoms with Crippen molar-refractivity contribution in [2.45, 2.75) is 33.4 Å². The van der Waals surface area contributed by atoms with Crippen molar-refractivity contribution in [1.29, 1.82) is 0 Å². The molecule has 2 aromatic rings. The molecule has 21 heavy (non-hydrogen) atoms. The van der Waals surface area contributed by atoms with Crippen molar-refractivity contribution in [3.63, 3.8) is 0 Å². The van der Waals surface area contributed by atoms with Crippen LogP contribution in [0.2, 0.25) is 0 Å². The number of sulfone groups is 1. The second-order valence-corrected chi connectivity index (χ2v) is 7.71. The van der Waals surface area contributed by atoms with Gasteiger partial charge in [-0.25, -0.2) is 8.42 Å². The third kappa shape index (κ3) is 4.08. The van der Waals surface area contributed by atoms with E-state index in [1.165, 1.54) is 16.5 Å². The van der Waals surface area contributed by atoms with Gasteiger partial charge in [0.05, 0.1) is 5.75 Å². The highest BCUT2D eigenvalue weighted by Crippen LogP contribution is 2.21. The number of rotatable bonds is 8. The third-order valence-corrected chi connectivity index (χ3v) is 5.52. The summed E-state index contributed by atoms with van der Waals surface area (Å²) in [5, 5.41) is 4.60. The van der Waals surface area contributed by atoms with Gasteiger partial charge in [-0.15, -0.1) is 0 Å². The summed E-state index contributed by atoms with van der Waals surface area (Å²) in [6.45, 7) is 6.32. The van der Waals surface area contributed by atoms with Crippen LogP contribution in [0.1, 0.15) is 25.8 Å². The van der Waals surface area contributed by atoms with Crippen LogP contribution < -0.4 is 5.32 Å². The van der Waals surface area contributed by atoms with Crippen molar-refractivity contribution in [2.24, 2.45) is 0 Å². The zero-order valence-corrected chi connectivity index (χ0v) is 13.6. The first-order chi connectivity index (χ1) is 10.1. The van der Waals surface area contributed by atoms with Gasteiger partial charge in [-0.1, -0.05) is 32.0 Å². The highest BCUT2D eigenvalue weighted by atomic mass is 32.2. The Kier molecular flexibility index (Phi) is 5.42. The van der Waals surface area contributed by atoms with Gasteiger partial charge < -0.3 is 9.88 Å². The topological polar surface area (TPSA) is 51.1 Å². The van der Waals surface area contributed by atoms with E-state index in [0.29, 0.717) is 6.42 Å². The van der Waals surface area contributed by atoms with E-state index in [4.69, 9.17) is 0 Å². The molecule has 116 valence electrons. The molecule has 5 heteroatoms. The monoisotopic (exact) mass is 308 g/mol. The fraction of sp³-hybridized carbons (Fsp3) is 0.500. The lowest BCUT2D eigenvalue weighted by Crippen LogP contribution is -2.12. The first-order valence-corrected chi connectivity index (χ1v) is 9.37. The lowest BCUT2D eigenvalue weighted by Gasteiger charge is -2.05. The number of benzene rings is 1. The van der Waals surface area contributed by atoms with E-state index >= 15 is 0 Å². The molecule has 0 saturated carbocycles. The molecule has 0 aliphatic rings. The molecule has 0 aliphatic carbocycles. The highest BCUT2D eigenvalue weighted by Gasteiger charge is 2.10. The number of hydrogen-bond acceptors (Lipinski definition) is 3. The first-order valence-electron chi connectivity index (χ1n) is 7.55. The first kappa shape index (κ1) is 16.0. The van der Waals surface area contributed by atoms with Crippen molar-refractivity contribution in [1.82, 2.24) is 9.88 Å². The Hall–Kier alpha value is -1.33. The van der Waals surface area contributed by atoms with Crippen LogP contribution in [0.5, 0.6) is 0 Å². The molecule has 0 spiro atoms. The van der Waals surface area contributed by atoms with Gasteiger partial charge in [0, 0.05) is 35.9 Å². The zero-order chi connectivity index (χ0) is 15.3. The molecule has 4 nitrogen and oxygen atoms in total. The Labute approximate surface area is 127 Å². The Morgan fingerprint density at radius 3 is 2.67 bits per heavy atom. The molecular formula is C16H24N2O2S. The summed E-state index contributed by atoms with van der Waals surface area (Å²) in [4.78, 5) is 0. The SMILES string of the molecule is CCNCc1cn(CCCS(=O)(=O)CC)c2ccccc12. The summed E-state index contributed by atoms with van der Waals surface area (Å²) in [6.07, 6.45) is 2.81. The average molecular weight is 308 g/mol. The predicted octanol–water partition coefficient (Wildman–Crippen LogP) is 2.58. The fourth-order valence-corrected chi connectivity index (χ4v) is 3.37. The minimum absolute atomic E-state index is 0.227. The second kappa shape index (κ2) is 7.09. The maximum absolute atomic E-state index is 11.6. The number of aryl methyl sites for hydroxylation is 1. The van der Waals surface area contributed by atoms with Crippen molar-refractivity contribution in [3.05, 3.63) is 36.0 Å². The molecule has 0 radical (unpaired) electrons. The predicted molar refractivity (Wildman–Crippen MR) is 88.3 cm³/mol. The number of hydrogen-bond donors (Lipinski definition) is 1. The second-order valence-electron chi connectivity index (χ2n) is 5.24. The maximum atomic E-state index is 11.6. The molecule has 0 atom stereocenters. The summed E-state index contributed by atoms with van der Waals surface area (Å²) in [6, 6.07) is 8.29. The van der Waals surface area contributed by atoms with Crippen LogP contribution in [-0.4, -0.2) is 31.0 Å². The quantitative estimate of drug-likeness (QED) is 0.815. The minimum atomic E-state index is -2.88. The van der Waals surface area contributed by atoms with Gasteiger partial charge in [0.1, 0.15) is 9.84 Å². The molecule has 0 saturated heterocycles. The zero-order valence-electron chi connectivity index (χ0n) is 12.8. The summed E-state index contributed by atoms with van der Waals surface area (Å²) in [7, 11) is -2.88. The number of para-hydroxylation sites is 1. The van der Waals surface area contributed by atoms with Crippen molar-refractivity contribution in [3.8, 4) is 0 Å². The molecule has 1 aromatic carbocycles. The van der Waals surface area contributed by atoms with Crippen LogP contribution in [0.25, 0.3) is 10.9 Å². The Bertz CT molecular complexity index is 689. The van der Waals surface area contributed by atoms with Crippen LogP contribution in [0.4, 0.5) is 0 Å². The van der Waals surface area contributed by atoms with E-state index in [9.17, 15) is 8.42 Å². The molecule has 1 aromatic heterocycles. The Morgan fingerprint density at radius 1 is 1.19 bits per heavy atom. The van der Waals surface area contributed by atoms with Gasteiger partial charge in [0.25, 0.3) is 0 Å². The standard InChI is InChI=1S/C16H24N2O2S/c1-3-17-12-14-13-18(10-7-11-21(19,20)4-2)16-9-6-5-8-15(14)16/h5-6,8-9,13,17H,3-4,7,10-12H2,1-2H3. The molecule has 0 fully saturated rings. The minimum Gasteiger partial charge on any atom is -0.347 e. The number of nitrogens with one attached hydrogen (secondary N) is 1. The highest BCUT2D eigenvalue weighted by molar-refractivity contribution is 7.91. The molecule has 1 heterocycles. The lowest BCUT2D eigenvalue weighted by molar-refractivity contribution is 0.589. The van der Waals surface area contributed by atoms with Crippen molar-refractivity contribution >= 4 is 20.7 Å². The largest absolute Gasteiger partial charge is 0.347 e. The van der Waals surface area contributed by atoms with E-state index in [1.807, 2.05) is 12.1 Å². The van der Waals surface area contributed by atoms with Gasteiger partial charge in [-0.05, 0) is 24.6 Å². The van der Waals surface area contributed by atoms with E-state index in [2.05, 4.69) is 35.1 Å². The van der Waals surface area contributed by atoms with Gasteiger partial charge in [0.2, 0.25) is 0 Å². The maximum Gasteiger partial charge on any atom is 0.150 e. The normalized spacial score (nSPS) is 12.1. The summed E-state index contributed by atoms with van der Waals surface area (Å²) < 4.78 is 25.3. The van der Waals surface area contributed by atoms with E-state index in [1.54, 1.807) is 6.92 Å². The number of nitrogens with zero attached hydrogens (tertiary/aromatic N) is 1. The average Bonchev–Trinajstić information content (AvgIpc) is 2.83. The number of fused-ring (bicyclic) bond motifs is 1. The van der Waals surface area contributed by atoms with Crippen molar-refractivity contribution in [2.75, 3.05) is 18.1 Å². The lowest BCUT2D eigenvalue weighted by atomic mass is 10.2. The summed E-state index contributed by atoms with van der Waals surface area (Å²) >= 11 is 0. The third-order valence-electron chi connectivity index (χ3n) is 3.73. The Morgan fingerprint density at radius 2 is 1.95 bits per heavy atom. The van der Waals surface area contributed by atoms with Crippen LogP contribution in [0.15, 0.2) is 30.5 Å². The van der Waals surface area contributed by atoms with Gasteiger partial charge in [-0.2, -0.15) is 0 Å². The van der Waals surface area contributed by atoms with E-state index in [0.717, 1.165) is 19.6 Å². The molecule has 0 bridgehead atoms. The van der Waals surface area contributed by atoms with Crippen molar-refractivity contribution < 1.29 is 8.42 Å². The van der Waals surface area contributed by atoms with E-state index in [-0.39, 0.29) is 11.5 Å². The number of aromatic nitrogens is 1. The summed E-state index contributed by atoms with van der Waals surface area (Å²) in [5.74, 6) is 0.490. The molecule has 1 N–H and O–H groups in total. The molecule has 0 amide bonds. The Balaban J connectivity index is 2.16. The molecular weight excluding hydrogens is 284 g/mol. The van der Waals surface area contributed by atoms with Crippen LogP contribution in [-0.2, 0) is 22.9 Å². The van der Waals surface area contributed by atoms with Gasteiger partial charge >= 0.3 is 0 Å².